The molecule has 0 saturated heterocycles. The maximum absolute atomic E-state index is 5.92. The van der Waals surface area contributed by atoms with Crippen LogP contribution in [0.5, 0.6) is 0 Å². The lowest BCUT2D eigenvalue weighted by molar-refractivity contribution is -0.130. The van der Waals surface area contributed by atoms with E-state index in [1.165, 1.54) is 32.1 Å². The van der Waals surface area contributed by atoms with Gasteiger partial charge in [-0.25, -0.2) is 0 Å². The first-order valence-electron chi connectivity index (χ1n) is 7.45. The molecule has 106 valence electrons. The van der Waals surface area contributed by atoms with E-state index in [0.717, 1.165) is 31.8 Å². The highest BCUT2D eigenvalue weighted by atomic mass is 16.5. The van der Waals surface area contributed by atoms with Crippen molar-refractivity contribution in [1.82, 2.24) is 15.5 Å². The van der Waals surface area contributed by atoms with E-state index in [1.54, 1.807) is 0 Å². The Morgan fingerprint density at radius 1 is 1.47 bits per heavy atom. The van der Waals surface area contributed by atoms with E-state index in [9.17, 15) is 0 Å². The third-order valence-corrected chi connectivity index (χ3v) is 4.83. The predicted molar refractivity (Wildman–Crippen MR) is 70.7 cm³/mol. The molecule has 0 radical (unpaired) electrons. The normalized spacial score (nSPS) is 28.7. The van der Waals surface area contributed by atoms with Crippen molar-refractivity contribution in [2.45, 2.75) is 57.6 Å². The third kappa shape index (κ3) is 2.41. The molecule has 2 saturated carbocycles. The van der Waals surface area contributed by atoms with Crippen LogP contribution in [0.4, 0.5) is 0 Å². The average molecular weight is 265 g/mol. The van der Waals surface area contributed by atoms with Crippen molar-refractivity contribution in [3.8, 4) is 0 Å². The number of aromatic nitrogens is 2. The first kappa shape index (κ1) is 13.1. The summed E-state index contributed by atoms with van der Waals surface area (Å²) < 4.78 is 10.7. The van der Waals surface area contributed by atoms with E-state index in [-0.39, 0.29) is 0 Å². The lowest BCUT2D eigenvalue weighted by atomic mass is 9.60. The van der Waals surface area contributed by atoms with Gasteiger partial charge in [-0.2, -0.15) is 4.98 Å². The van der Waals surface area contributed by atoms with Crippen molar-refractivity contribution in [3.63, 3.8) is 0 Å². The molecule has 1 aromatic rings. The van der Waals surface area contributed by atoms with Gasteiger partial charge in [0, 0.05) is 31.0 Å². The minimum atomic E-state index is 0.410. The maximum atomic E-state index is 5.92. The molecule has 2 aliphatic carbocycles. The molecular weight excluding hydrogens is 242 g/mol. The van der Waals surface area contributed by atoms with Crippen molar-refractivity contribution in [1.29, 1.82) is 0 Å². The summed E-state index contributed by atoms with van der Waals surface area (Å²) in [7, 11) is 0. The lowest BCUT2D eigenvalue weighted by Crippen LogP contribution is -2.62. The summed E-state index contributed by atoms with van der Waals surface area (Å²) in [5.41, 5.74) is 0.410. The Hall–Kier alpha value is -0.940. The SMILES string of the molecule is CCOC1CC(NCCc2ncon2)C12CCCC2. The third-order valence-electron chi connectivity index (χ3n) is 4.83. The molecule has 0 aliphatic heterocycles. The van der Waals surface area contributed by atoms with Gasteiger partial charge in [0.05, 0.1) is 6.10 Å². The minimum Gasteiger partial charge on any atom is -0.378 e. The number of nitrogens with one attached hydrogen (secondary N) is 1. The highest BCUT2D eigenvalue weighted by Crippen LogP contribution is 2.54. The number of hydrogen-bond acceptors (Lipinski definition) is 5. The second-order valence-corrected chi connectivity index (χ2v) is 5.72. The summed E-state index contributed by atoms with van der Waals surface area (Å²) in [6.45, 7) is 3.85. The fourth-order valence-corrected chi connectivity index (χ4v) is 3.83. The van der Waals surface area contributed by atoms with Crippen LogP contribution < -0.4 is 5.32 Å². The molecule has 1 aromatic heterocycles. The number of rotatable bonds is 6. The Balaban J connectivity index is 1.51. The van der Waals surface area contributed by atoms with Gasteiger partial charge in [-0.15, -0.1) is 0 Å². The molecule has 1 spiro atoms. The van der Waals surface area contributed by atoms with Crippen molar-refractivity contribution >= 4 is 0 Å². The zero-order valence-corrected chi connectivity index (χ0v) is 11.6. The molecule has 0 aromatic carbocycles. The molecule has 5 nitrogen and oxygen atoms in total. The van der Waals surface area contributed by atoms with Crippen molar-refractivity contribution in [2.75, 3.05) is 13.2 Å². The molecule has 5 heteroatoms. The minimum absolute atomic E-state index is 0.410. The Morgan fingerprint density at radius 3 is 3.00 bits per heavy atom. The molecule has 1 heterocycles. The van der Waals surface area contributed by atoms with Crippen molar-refractivity contribution in [3.05, 3.63) is 12.2 Å². The molecule has 3 rings (SSSR count). The summed E-state index contributed by atoms with van der Waals surface area (Å²) in [6.07, 6.45) is 9.20. The quantitative estimate of drug-likeness (QED) is 0.851. The topological polar surface area (TPSA) is 60.2 Å². The maximum Gasteiger partial charge on any atom is 0.213 e. The molecule has 2 fully saturated rings. The molecule has 2 unspecified atom stereocenters. The summed E-state index contributed by atoms with van der Waals surface area (Å²) in [6, 6.07) is 0.610. The monoisotopic (exact) mass is 265 g/mol. The molecule has 2 atom stereocenters. The fraction of sp³-hybridized carbons (Fsp3) is 0.857. The standard InChI is InChI=1S/C14H23N3O2/c1-2-18-12-9-11(14(12)6-3-4-7-14)15-8-5-13-16-10-19-17-13/h10-12,15H,2-9H2,1H3. The zero-order valence-electron chi connectivity index (χ0n) is 11.6. The van der Waals surface area contributed by atoms with Crippen LogP contribution in [0.1, 0.15) is 44.9 Å². The Bertz CT molecular complexity index is 387. The first-order chi connectivity index (χ1) is 9.35. The molecular formula is C14H23N3O2. The zero-order chi connectivity index (χ0) is 13.1. The number of ether oxygens (including phenoxy) is 1. The summed E-state index contributed by atoms with van der Waals surface area (Å²) in [5, 5.41) is 7.52. The van der Waals surface area contributed by atoms with E-state index in [4.69, 9.17) is 9.26 Å². The smallest absolute Gasteiger partial charge is 0.213 e. The van der Waals surface area contributed by atoms with Gasteiger partial charge >= 0.3 is 0 Å². The Morgan fingerprint density at radius 2 is 2.32 bits per heavy atom. The number of nitrogens with zero attached hydrogens (tertiary/aromatic N) is 2. The van der Waals surface area contributed by atoms with Gasteiger partial charge in [-0.05, 0) is 26.2 Å². The van der Waals surface area contributed by atoms with Crippen LogP contribution in [0.2, 0.25) is 0 Å². The molecule has 2 aliphatic rings. The molecule has 0 amide bonds. The highest BCUT2D eigenvalue weighted by molar-refractivity contribution is 5.10. The molecule has 0 bridgehead atoms. The molecule has 1 N–H and O–H groups in total. The van der Waals surface area contributed by atoms with E-state index >= 15 is 0 Å². The summed E-state index contributed by atoms with van der Waals surface area (Å²) in [5.74, 6) is 0.786. The second-order valence-electron chi connectivity index (χ2n) is 5.72. The van der Waals surface area contributed by atoms with Gasteiger partial charge in [0.2, 0.25) is 6.39 Å². The highest BCUT2D eigenvalue weighted by Gasteiger charge is 2.56. The second kappa shape index (κ2) is 5.59. The fourth-order valence-electron chi connectivity index (χ4n) is 3.83. The summed E-state index contributed by atoms with van der Waals surface area (Å²) in [4.78, 5) is 4.05. The van der Waals surface area contributed by atoms with Gasteiger partial charge in [0.15, 0.2) is 5.82 Å². The van der Waals surface area contributed by atoms with Crippen LogP contribution in [-0.2, 0) is 11.2 Å². The Labute approximate surface area is 114 Å². The van der Waals surface area contributed by atoms with Crippen molar-refractivity contribution < 1.29 is 9.26 Å². The van der Waals surface area contributed by atoms with E-state index in [2.05, 4.69) is 22.4 Å². The van der Waals surface area contributed by atoms with Crippen LogP contribution in [0.25, 0.3) is 0 Å². The van der Waals surface area contributed by atoms with Gasteiger partial charge in [-0.3, -0.25) is 0 Å². The lowest BCUT2D eigenvalue weighted by Gasteiger charge is -2.54. The van der Waals surface area contributed by atoms with Crippen LogP contribution in [0.15, 0.2) is 10.9 Å². The summed E-state index contributed by atoms with van der Waals surface area (Å²) >= 11 is 0. The molecule has 19 heavy (non-hydrogen) atoms. The van der Waals surface area contributed by atoms with E-state index in [1.807, 2.05) is 0 Å². The first-order valence-corrected chi connectivity index (χ1v) is 7.45. The van der Waals surface area contributed by atoms with E-state index < -0.39 is 0 Å². The van der Waals surface area contributed by atoms with Gasteiger partial charge in [0.25, 0.3) is 0 Å². The number of hydrogen-bond donors (Lipinski definition) is 1. The van der Waals surface area contributed by atoms with Gasteiger partial charge in [-0.1, -0.05) is 18.0 Å². The van der Waals surface area contributed by atoms with Crippen LogP contribution in [-0.4, -0.2) is 35.4 Å². The largest absolute Gasteiger partial charge is 0.378 e. The van der Waals surface area contributed by atoms with Crippen LogP contribution >= 0.6 is 0 Å². The van der Waals surface area contributed by atoms with Crippen LogP contribution in [0.3, 0.4) is 0 Å². The predicted octanol–water partition coefficient (Wildman–Crippen LogP) is 1.94. The Kier molecular flexibility index (Phi) is 3.84. The average Bonchev–Trinajstić information content (AvgIpc) is 3.09. The van der Waals surface area contributed by atoms with E-state index in [0.29, 0.717) is 17.6 Å². The van der Waals surface area contributed by atoms with Crippen molar-refractivity contribution in [2.24, 2.45) is 5.41 Å². The van der Waals surface area contributed by atoms with Crippen LogP contribution in [0, 0.1) is 5.41 Å². The van der Waals surface area contributed by atoms with Gasteiger partial charge in [0.1, 0.15) is 0 Å². The van der Waals surface area contributed by atoms with Gasteiger partial charge < -0.3 is 14.6 Å².